The largest absolute Gasteiger partial charge is 0.419 e. The number of aryl methyl sites for hydroxylation is 2. The number of alkyl halides is 3. The number of piperidine rings is 1. The average Bonchev–Trinajstić information content (AvgIpc) is 2.68. The summed E-state index contributed by atoms with van der Waals surface area (Å²) < 4.78 is 41.3. The Morgan fingerprint density at radius 1 is 1.14 bits per heavy atom. The molecule has 2 aromatic heterocycles. The normalized spacial score (nSPS) is 18.2. The fourth-order valence-corrected chi connectivity index (χ4v) is 4.17. The number of nitrogens with zero attached hydrogens (tertiary/aromatic N) is 4. The molecule has 1 saturated heterocycles. The highest BCUT2D eigenvalue weighted by Gasteiger charge is 2.36. The van der Waals surface area contributed by atoms with Crippen LogP contribution in [0.2, 0.25) is 0 Å². The Bertz CT molecular complexity index is 901. The summed E-state index contributed by atoms with van der Waals surface area (Å²) in [5, 5.41) is 4.56. The van der Waals surface area contributed by atoms with Crippen molar-refractivity contribution in [1.29, 1.82) is 0 Å². The van der Waals surface area contributed by atoms with Crippen LogP contribution in [0.3, 0.4) is 0 Å². The quantitative estimate of drug-likeness (QED) is 0.803. The molecule has 3 heterocycles. The second kappa shape index (κ2) is 7.56. The third-order valence-corrected chi connectivity index (χ3v) is 5.71. The molecular weight excluding hydrogens is 369 g/mol. The monoisotopic (exact) mass is 392 g/mol. The highest BCUT2D eigenvalue weighted by molar-refractivity contribution is 5.48. The van der Waals surface area contributed by atoms with Crippen molar-refractivity contribution < 1.29 is 13.2 Å². The summed E-state index contributed by atoms with van der Waals surface area (Å²) in [4.78, 5) is 18.0. The Kier molecular flexibility index (Phi) is 5.12. The molecule has 4 rings (SSSR count). The van der Waals surface area contributed by atoms with Crippen molar-refractivity contribution in [3.05, 3.63) is 51.6 Å². The summed E-state index contributed by atoms with van der Waals surface area (Å²) in [6.45, 7) is 1.50. The first-order chi connectivity index (χ1) is 13.4. The Morgan fingerprint density at radius 2 is 1.89 bits per heavy atom. The third-order valence-electron chi connectivity index (χ3n) is 5.71. The van der Waals surface area contributed by atoms with E-state index in [0.29, 0.717) is 32.5 Å². The fraction of sp³-hybridized carbons (Fsp3) is 0.550. The minimum atomic E-state index is -4.42. The van der Waals surface area contributed by atoms with Gasteiger partial charge in [-0.2, -0.15) is 18.3 Å². The fourth-order valence-electron chi connectivity index (χ4n) is 4.17. The van der Waals surface area contributed by atoms with Gasteiger partial charge < -0.3 is 4.90 Å². The van der Waals surface area contributed by atoms with E-state index in [4.69, 9.17) is 0 Å². The van der Waals surface area contributed by atoms with E-state index in [2.05, 4.69) is 10.1 Å². The maximum absolute atomic E-state index is 13.2. The van der Waals surface area contributed by atoms with Gasteiger partial charge in [-0.15, -0.1) is 0 Å². The van der Waals surface area contributed by atoms with Crippen LogP contribution in [0.1, 0.15) is 42.5 Å². The molecule has 0 atom stereocenters. The predicted octanol–water partition coefficient (Wildman–Crippen LogP) is 3.45. The van der Waals surface area contributed by atoms with Crippen LogP contribution in [-0.2, 0) is 25.6 Å². The zero-order valence-electron chi connectivity index (χ0n) is 15.6. The molecule has 150 valence electrons. The van der Waals surface area contributed by atoms with Crippen molar-refractivity contribution in [2.75, 3.05) is 18.0 Å². The molecule has 8 heteroatoms. The van der Waals surface area contributed by atoms with Gasteiger partial charge in [0.2, 0.25) is 0 Å². The van der Waals surface area contributed by atoms with E-state index in [0.717, 1.165) is 43.0 Å². The van der Waals surface area contributed by atoms with Crippen LogP contribution in [0.5, 0.6) is 0 Å². The van der Waals surface area contributed by atoms with Crippen LogP contribution in [0.25, 0.3) is 0 Å². The summed E-state index contributed by atoms with van der Waals surface area (Å²) in [7, 11) is 0. The molecular formula is C20H23F3N4O. The number of hydrogen-bond donors (Lipinski definition) is 0. The molecule has 1 fully saturated rings. The second-order valence-electron chi connectivity index (χ2n) is 7.65. The highest BCUT2D eigenvalue weighted by Crippen LogP contribution is 2.36. The number of aromatic nitrogens is 3. The van der Waals surface area contributed by atoms with E-state index in [1.165, 1.54) is 12.3 Å². The van der Waals surface area contributed by atoms with Crippen LogP contribution in [-0.4, -0.2) is 27.9 Å². The number of fused-ring (bicyclic) bond motifs is 1. The van der Waals surface area contributed by atoms with E-state index in [1.807, 2.05) is 0 Å². The lowest BCUT2D eigenvalue weighted by Crippen LogP contribution is -2.38. The zero-order valence-corrected chi connectivity index (χ0v) is 15.6. The van der Waals surface area contributed by atoms with E-state index >= 15 is 0 Å². The molecule has 28 heavy (non-hydrogen) atoms. The van der Waals surface area contributed by atoms with Crippen molar-refractivity contribution >= 4 is 5.82 Å². The lowest BCUT2D eigenvalue weighted by Gasteiger charge is -2.34. The SMILES string of the molecule is O=c1cc2c(nn1CC1CCN(c3ncccc3C(F)(F)F)CC1)CCCC2. The van der Waals surface area contributed by atoms with Crippen molar-refractivity contribution in [3.63, 3.8) is 0 Å². The molecule has 5 nitrogen and oxygen atoms in total. The topological polar surface area (TPSA) is 51.0 Å². The molecule has 1 aliphatic carbocycles. The van der Waals surface area contributed by atoms with Gasteiger partial charge in [0.05, 0.1) is 11.3 Å². The molecule has 0 aromatic carbocycles. The average molecular weight is 392 g/mol. The van der Waals surface area contributed by atoms with Gasteiger partial charge in [-0.05, 0) is 62.1 Å². The Balaban J connectivity index is 1.44. The third kappa shape index (κ3) is 3.91. The minimum Gasteiger partial charge on any atom is -0.356 e. The van der Waals surface area contributed by atoms with Crippen LogP contribution in [0.4, 0.5) is 19.0 Å². The van der Waals surface area contributed by atoms with Crippen molar-refractivity contribution in [1.82, 2.24) is 14.8 Å². The molecule has 0 N–H and O–H groups in total. The maximum Gasteiger partial charge on any atom is 0.419 e. The number of halogens is 3. The van der Waals surface area contributed by atoms with Crippen LogP contribution in [0.15, 0.2) is 29.2 Å². The second-order valence-corrected chi connectivity index (χ2v) is 7.65. The Hall–Kier alpha value is -2.38. The van der Waals surface area contributed by atoms with Crippen LogP contribution >= 0.6 is 0 Å². The molecule has 0 saturated carbocycles. The number of pyridine rings is 1. The standard InChI is InChI=1S/C20H23F3N4O/c21-20(22,23)16-5-3-9-24-19(16)26-10-7-14(8-11-26)13-27-18(28)12-15-4-1-2-6-17(15)25-27/h3,5,9,12,14H,1-2,4,6-8,10-11,13H2. The molecule has 0 bridgehead atoms. The van der Waals surface area contributed by atoms with Gasteiger partial charge in [0.1, 0.15) is 5.82 Å². The van der Waals surface area contributed by atoms with Gasteiger partial charge in [-0.25, -0.2) is 9.67 Å². The summed E-state index contributed by atoms with van der Waals surface area (Å²) >= 11 is 0. The van der Waals surface area contributed by atoms with Crippen molar-refractivity contribution in [2.24, 2.45) is 5.92 Å². The highest BCUT2D eigenvalue weighted by atomic mass is 19.4. The number of rotatable bonds is 3. The van der Waals surface area contributed by atoms with Gasteiger partial charge in [-0.3, -0.25) is 4.79 Å². The van der Waals surface area contributed by atoms with Crippen LogP contribution in [0, 0.1) is 5.92 Å². The van der Waals surface area contributed by atoms with E-state index in [-0.39, 0.29) is 17.3 Å². The molecule has 2 aliphatic rings. The molecule has 0 spiro atoms. The van der Waals surface area contributed by atoms with E-state index < -0.39 is 11.7 Å². The zero-order chi connectivity index (χ0) is 19.7. The predicted molar refractivity (Wildman–Crippen MR) is 99.3 cm³/mol. The van der Waals surface area contributed by atoms with Crippen molar-refractivity contribution in [3.8, 4) is 0 Å². The molecule has 0 amide bonds. The first-order valence-corrected chi connectivity index (χ1v) is 9.79. The lowest BCUT2D eigenvalue weighted by molar-refractivity contribution is -0.137. The van der Waals surface area contributed by atoms with E-state index in [1.54, 1.807) is 15.6 Å². The Labute approximate surface area is 161 Å². The first-order valence-electron chi connectivity index (χ1n) is 9.79. The summed E-state index contributed by atoms with van der Waals surface area (Å²) in [6.07, 6.45) is 2.43. The van der Waals surface area contributed by atoms with Crippen LogP contribution < -0.4 is 10.5 Å². The minimum absolute atomic E-state index is 0.00229. The molecule has 2 aromatic rings. The molecule has 1 aliphatic heterocycles. The number of hydrogen-bond acceptors (Lipinski definition) is 4. The van der Waals surface area contributed by atoms with Gasteiger partial charge in [0, 0.05) is 31.9 Å². The van der Waals surface area contributed by atoms with Crippen molar-refractivity contribution in [2.45, 2.75) is 51.2 Å². The van der Waals surface area contributed by atoms with Gasteiger partial charge in [0.25, 0.3) is 5.56 Å². The van der Waals surface area contributed by atoms with Gasteiger partial charge in [0.15, 0.2) is 0 Å². The van der Waals surface area contributed by atoms with Gasteiger partial charge >= 0.3 is 6.18 Å². The van der Waals surface area contributed by atoms with E-state index in [9.17, 15) is 18.0 Å². The summed E-state index contributed by atoms with van der Waals surface area (Å²) in [6, 6.07) is 4.10. The smallest absolute Gasteiger partial charge is 0.356 e. The number of anilines is 1. The first kappa shape index (κ1) is 19.0. The van der Waals surface area contributed by atoms with Gasteiger partial charge in [-0.1, -0.05) is 0 Å². The lowest BCUT2D eigenvalue weighted by atomic mass is 9.95. The molecule has 0 unspecified atom stereocenters. The maximum atomic E-state index is 13.2. The molecule has 0 radical (unpaired) electrons. The Morgan fingerprint density at radius 3 is 2.64 bits per heavy atom. The summed E-state index contributed by atoms with van der Waals surface area (Å²) in [5.41, 5.74) is 1.32. The summed E-state index contributed by atoms with van der Waals surface area (Å²) in [5.74, 6) is 0.221.